The number of carbonyl (C=O) groups excluding carboxylic acids is 1. The Hall–Kier alpha value is -2.18. The molecule has 1 aliphatic rings. The van der Waals surface area contributed by atoms with Crippen molar-refractivity contribution in [2.24, 2.45) is 5.41 Å². The van der Waals surface area contributed by atoms with E-state index in [2.05, 4.69) is 65.9 Å². The smallest absolute Gasteiger partial charge is 0.223 e. The number of nitrogens with zero attached hydrogens (tertiary/aromatic N) is 4. The molecule has 2 aromatic heterocycles. The van der Waals surface area contributed by atoms with E-state index >= 15 is 0 Å². The summed E-state index contributed by atoms with van der Waals surface area (Å²) in [5.41, 5.74) is 3.50. The van der Waals surface area contributed by atoms with Crippen LogP contribution in [0.5, 0.6) is 0 Å². The molecule has 1 aromatic carbocycles. The highest BCUT2D eigenvalue weighted by Gasteiger charge is 2.26. The molecule has 28 heavy (non-hydrogen) atoms. The zero-order valence-electron chi connectivity index (χ0n) is 16.9. The van der Waals surface area contributed by atoms with Gasteiger partial charge in [0.05, 0.1) is 11.4 Å². The summed E-state index contributed by atoms with van der Waals surface area (Å²) in [5, 5.41) is 2.09. The number of amides is 1. The van der Waals surface area contributed by atoms with Crippen LogP contribution in [0, 0.1) is 5.41 Å². The summed E-state index contributed by atoms with van der Waals surface area (Å²) in [7, 11) is 0. The van der Waals surface area contributed by atoms with Gasteiger partial charge in [-0.2, -0.15) is 0 Å². The maximum absolute atomic E-state index is 12.5. The Bertz CT molecular complexity index is 946. The number of benzene rings is 1. The lowest BCUT2D eigenvalue weighted by atomic mass is 9.91. The lowest BCUT2D eigenvalue weighted by Crippen LogP contribution is -2.49. The van der Waals surface area contributed by atoms with E-state index in [9.17, 15) is 4.79 Å². The quantitative estimate of drug-likeness (QED) is 0.665. The van der Waals surface area contributed by atoms with Gasteiger partial charge in [0.1, 0.15) is 0 Å². The predicted octanol–water partition coefficient (Wildman–Crippen LogP) is 4.14. The first-order valence-corrected chi connectivity index (χ1v) is 10.8. The lowest BCUT2D eigenvalue weighted by molar-refractivity contribution is -0.134. The van der Waals surface area contributed by atoms with E-state index in [4.69, 9.17) is 4.98 Å². The van der Waals surface area contributed by atoms with Crippen LogP contribution in [-0.2, 0) is 11.3 Å². The monoisotopic (exact) mass is 396 g/mol. The van der Waals surface area contributed by atoms with E-state index in [1.165, 1.54) is 5.69 Å². The van der Waals surface area contributed by atoms with Crippen molar-refractivity contribution in [1.82, 2.24) is 19.2 Å². The molecule has 6 heteroatoms. The molecule has 0 radical (unpaired) electrons. The molecule has 0 N–H and O–H groups in total. The fraction of sp³-hybridized carbons (Fsp3) is 0.455. The third kappa shape index (κ3) is 4.13. The SMILES string of the molecule is CC(C)(C)CC(=O)N1CCN(Cc2c(-c3ccccc3)nc3sccn23)CC1. The van der Waals surface area contributed by atoms with Crippen molar-refractivity contribution in [2.75, 3.05) is 26.2 Å². The van der Waals surface area contributed by atoms with Gasteiger partial charge in [-0.3, -0.25) is 14.1 Å². The van der Waals surface area contributed by atoms with Crippen molar-refractivity contribution in [3.63, 3.8) is 0 Å². The van der Waals surface area contributed by atoms with Crippen molar-refractivity contribution >= 4 is 22.2 Å². The van der Waals surface area contributed by atoms with Crippen molar-refractivity contribution in [3.05, 3.63) is 47.6 Å². The van der Waals surface area contributed by atoms with Crippen LogP contribution in [-0.4, -0.2) is 51.3 Å². The highest BCUT2D eigenvalue weighted by molar-refractivity contribution is 7.15. The molecule has 1 amide bonds. The van der Waals surface area contributed by atoms with Gasteiger partial charge in [0.2, 0.25) is 5.91 Å². The van der Waals surface area contributed by atoms with Crippen LogP contribution in [0.1, 0.15) is 32.9 Å². The van der Waals surface area contributed by atoms with Crippen LogP contribution in [0.15, 0.2) is 41.9 Å². The molecule has 148 valence electrons. The van der Waals surface area contributed by atoms with Gasteiger partial charge in [0.25, 0.3) is 0 Å². The zero-order valence-corrected chi connectivity index (χ0v) is 17.7. The van der Waals surface area contributed by atoms with Crippen molar-refractivity contribution < 1.29 is 4.79 Å². The second-order valence-corrected chi connectivity index (χ2v) is 9.60. The minimum atomic E-state index is 0.0426. The number of hydrogen-bond acceptors (Lipinski definition) is 4. The Labute approximate surface area is 170 Å². The van der Waals surface area contributed by atoms with Gasteiger partial charge in [0, 0.05) is 56.3 Å². The van der Waals surface area contributed by atoms with Crippen LogP contribution in [0.3, 0.4) is 0 Å². The number of fused-ring (bicyclic) bond motifs is 1. The van der Waals surface area contributed by atoms with E-state index in [1.807, 2.05) is 11.0 Å². The number of aromatic nitrogens is 2. The molecule has 4 rings (SSSR count). The van der Waals surface area contributed by atoms with E-state index in [0.717, 1.165) is 48.9 Å². The van der Waals surface area contributed by atoms with Crippen LogP contribution in [0.25, 0.3) is 16.2 Å². The van der Waals surface area contributed by atoms with Crippen LogP contribution < -0.4 is 0 Å². The average molecular weight is 397 g/mol. The first kappa shape index (κ1) is 19.2. The molecule has 3 heterocycles. The van der Waals surface area contributed by atoms with Gasteiger partial charge in [-0.25, -0.2) is 4.98 Å². The second-order valence-electron chi connectivity index (χ2n) is 8.72. The van der Waals surface area contributed by atoms with Crippen LogP contribution in [0.2, 0.25) is 0 Å². The summed E-state index contributed by atoms with van der Waals surface area (Å²) in [5.74, 6) is 0.279. The molecule has 1 saturated heterocycles. The van der Waals surface area contributed by atoms with E-state index in [1.54, 1.807) is 11.3 Å². The highest BCUT2D eigenvalue weighted by atomic mass is 32.1. The Morgan fingerprint density at radius 3 is 2.50 bits per heavy atom. The Balaban J connectivity index is 1.48. The van der Waals surface area contributed by atoms with Gasteiger partial charge in [0.15, 0.2) is 4.96 Å². The minimum Gasteiger partial charge on any atom is -0.340 e. The van der Waals surface area contributed by atoms with Gasteiger partial charge in [-0.05, 0) is 5.41 Å². The Morgan fingerprint density at radius 1 is 1.11 bits per heavy atom. The van der Waals surface area contributed by atoms with E-state index in [-0.39, 0.29) is 11.3 Å². The van der Waals surface area contributed by atoms with Crippen LogP contribution >= 0.6 is 11.3 Å². The molecule has 0 spiro atoms. The largest absolute Gasteiger partial charge is 0.340 e. The topological polar surface area (TPSA) is 40.9 Å². The summed E-state index contributed by atoms with van der Waals surface area (Å²) in [6.45, 7) is 10.6. The third-order valence-corrected chi connectivity index (χ3v) is 5.94. The first-order chi connectivity index (χ1) is 13.4. The number of imidazole rings is 1. The molecular weight excluding hydrogens is 368 g/mol. The van der Waals surface area contributed by atoms with Crippen LogP contribution in [0.4, 0.5) is 0 Å². The number of carbonyl (C=O) groups is 1. The molecule has 1 fully saturated rings. The maximum atomic E-state index is 12.5. The minimum absolute atomic E-state index is 0.0426. The molecule has 0 unspecified atom stereocenters. The molecular formula is C22H28N4OS. The van der Waals surface area contributed by atoms with Crippen molar-refractivity contribution in [2.45, 2.75) is 33.7 Å². The Kier molecular flexibility index (Phi) is 5.25. The number of piperazine rings is 1. The van der Waals surface area contributed by atoms with Crippen molar-refractivity contribution in [1.29, 1.82) is 0 Å². The standard InChI is InChI=1S/C22H28N4OS/c1-22(2,3)15-19(27)25-11-9-24(10-12-25)16-18-20(17-7-5-4-6-8-17)23-21-26(18)13-14-28-21/h4-8,13-14H,9-12,15-16H2,1-3H3. The third-order valence-electron chi connectivity index (χ3n) is 5.19. The molecule has 5 nitrogen and oxygen atoms in total. The average Bonchev–Trinajstić information content (AvgIpc) is 3.24. The fourth-order valence-corrected chi connectivity index (χ4v) is 4.48. The van der Waals surface area contributed by atoms with Crippen molar-refractivity contribution in [3.8, 4) is 11.3 Å². The molecule has 3 aromatic rings. The zero-order chi connectivity index (χ0) is 19.7. The lowest BCUT2D eigenvalue weighted by Gasteiger charge is -2.36. The molecule has 1 aliphatic heterocycles. The van der Waals surface area contributed by atoms with Gasteiger partial charge in [-0.1, -0.05) is 51.1 Å². The molecule has 0 atom stereocenters. The highest BCUT2D eigenvalue weighted by Crippen LogP contribution is 2.28. The number of thiazole rings is 1. The number of hydrogen-bond donors (Lipinski definition) is 0. The van der Waals surface area contributed by atoms with Gasteiger partial charge >= 0.3 is 0 Å². The summed E-state index contributed by atoms with van der Waals surface area (Å²) in [6.07, 6.45) is 2.72. The Morgan fingerprint density at radius 2 is 1.82 bits per heavy atom. The molecule has 0 aliphatic carbocycles. The van der Waals surface area contributed by atoms with Gasteiger partial charge in [-0.15, -0.1) is 11.3 Å². The molecule has 0 saturated carbocycles. The molecule has 0 bridgehead atoms. The first-order valence-electron chi connectivity index (χ1n) is 9.91. The number of rotatable bonds is 4. The fourth-order valence-electron chi connectivity index (χ4n) is 3.74. The predicted molar refractivity (Wildman–Crippen MR) is 114 cm³/mol. The summed E-state index contributed by atoms with van der Waals surface area (Å²) in [4.78, 5) is 22.9. The normalized spacial score (nSPS) is 16.0. The summed E-state index contributed by atoms with van der Waals surface area (Å²) < 4.78 is 2.21. The second kappa shape index (κ2) is 7.68. The maximum Gasteiger partial charge on any atom is 0.223 e. The van der Waals surface area contributed by atoms with E-state index < -0.39 is 0 Å². The van der Waals surface area contributed by atoms with E-state index in [0.29, 0.717) is 6.42 Å². The van der Waals surface area contributed by atoms with Gasteiger partial charge < -0.3 is 4.90 Å². The summed E-state index contributed by atoms with van der Waals surface area (Å²) in [6, 6.07) is 10.4. The summed E-state index contributed by atoms with van der Waals surface area (Å²) >= 11 is 1.67.